The molecule has 6 nitrogen and oxygen atoms in total. The van der Waals surface area contributed by atoms with Gasteiger partial charge in [0.25, 0.3) is 5.91 Å². The van der Waals surface area contributed by atoms with Gasteiger partial charge in [0.1, 0.15) is 5.69 Å². The minimum Gasteiger partial charge on any atom is -0.357 e. The molecule has 2 fully saturated rings. The van der Waals surface area contributed by atoms with Gasteiger partial charge >= 0.3 is 0 Å². The Morgan fingerprint density at radius 3 is 2.73 bits per heavy atom. The largest absolute Gasteiger partial charge is 0.357 e. The van der Waals surface area contributed by atoms with E-state index in [1.54, 1.807) is 0 Å². The fourth-order valence-corrected chi connectivity index (χ4v) is 5.41. The number of aromatic nitrogens is 3. The summed E-state index contributed by atoms with van der Waals surface area (Å²) in [5.41, 5.74) is 3.49. The van der Waals surface area contributed by atoms with Crippen molar-refractivity contribution >= 4 is 5.91 Å². The highest BCUT2D eigenvalue weighted by Crippen LogP contribution is 2.46. The average molecular weight is 404 g/mol. The maximum absolute atomic E-state index is 13.0. The first-order valence-electron chi connectivity index (χ1n) is 10.8. The van der Waals surface area contributed by atoms with Crippen LogP contribution < -0.4 is 0 Å². The van der Waals surface area contributed by atoms with Gasteiger partial charge in [0.05, 0.1) is 6.20 Å². The molecule has 0 saturated carbocycles. The Kier molecular flexibility index (Phi) is 4.95. The quantitative estimate of drug-likeness (QED) is 0.688. The number of hydrogen-bond donors (Lipinski definition) is 1. The van der Waals surface area contributed by atoms with E-state index in [0.29, 0.717) is 11.6 Å². The number of aryl methyl sites for hydroxylation is 2. The molecule has 156 valence electrons. The first kappa shape index (κ1) is 19.1. The van der Waals surface area contributed by atoms with E-state index in [4.69, 9.17) is 0 Å². The highest BCUT2D eigenvalue weighted by Gasteiger charge is 2.52. The number of carbonyl (C=O) groups is 1. The Bertz CT molecular complexity index is 996. The van der Waals surface area contributed by atoms with Crippen LogP contribution >= 0.6 is 0 Å². The van der Waals surface area contributed by atoms with E-state index in [0.717, 1.165) is 45.6 Å². The third-order valence-electron chi connectivity index (χ3n) is 6.86. The van der Waals surface area contributed by atoms with Crippen LogP contribution in [0.4, 0.5) is 0 Å². The number of nitrogens with zero attached hydrogens (tertiary/aromatic N) is 4. The maximum atomic E-state index is 13.0. The maximum Gasteiger partial charge on any atom is 0.270 e. The van der Waals surface area contributed by atoms with Gasteiger partial charge in [-0.05, 0) is 36.5 Å². The number of amides is 1. The summed E-state index contributed by atoms with van der Waals surface area (Å²) in [4.78, 5) is 20.7. The molecular formula is C24H29N5O. The highest BCUT2D eigenvalue weighted by molar-refractivity contribution is 5.92. The number of hydrogen-bond acceptors (Lipinski definition) is 3. The third kappa shape index (κ3) is 3.67. The molecule has 0 unspecified atom stereocenters. The van der Waals surface area contributed by atoms with Crippen LogP contribution in [-0.4, -0.2) is 56.7 Å². The molecule has 6 heteroatoms. The van der Waals surface area contributed by atoms with Crippen LogP contribution in [0.15, 0.2) is 61.1 Å². The second kappa shape index (κ2) is 7.76. The lowest BCUT2D eigenvalue weighted by molar-refractivity contribution is 0.0750. The zero-order chi connectivity index (χ0) is 20.6. The van der Waals surface area contributed by atoms with Gasteiger partial charge < -0.3 is 9.88 Å². The topological polar surface area (TPSA) is 57.2 Å². The van der Waals surface area contributed by atoms with E-state index in [1.807, 2.05) is 36.3 Å². The van der Waals surface area contributed by atoms with Crippen molar-refractivity contribution in [1.82, 2.24) is 24.6 Å². The molecule has 0 radical (unpaired) electrons. The van der Waals surface area contributed by atoms with Crippen LogP contribution in [0.1, 0.15) is 28.0 Å². The van der Waals surface area contributed by atoms with Crippen molar-refractivity contribution in [3.8, 4) is 0 Å². The molecular weight excluding hydrogens is 374 g/mol. The molecule has 2 aromatic heterocycles. The van der Waals surface area contributed by atoms with Crippen LogP contribution in [0.3, 0.4) is 0 Å². The summed E-state index contributed by atoms with van der Waals surface area (Å²) in [7, 11) is 1.97. The molecule has 0 aliphatic carbocycles. The lowest BCUT2D eigenvalue weighted by Crippen LogP contribution is -2.37. The molecule has 2 atom stereocenters. The Hall–Kier alpha value is -2.86. The van der Waals surface area contributed by atoms with Crippen molar-refractivity contribution in [3.63, 3.8) is 0 Å². The van der Waals surface area contributed by atoms with Crippen molar-refractivity contribution in [1.29, 1.82) is 0 Å². The SMILES string of the molecule is Cn1cc(CN2C[C@H]3CN(C(=O)c4ccc[nH]4)C[C@@]3(CCc3ccccc3)C2)cn1. The lowest BCUT2D eigenvalue weighted by Gasteiger charge is -2.29. The first-order valence-corrected chi connectivity index (χ1v) is 10.8. The van der Waals surface area contributed by atoms with Gasteiger partial charge in [0, 0.05) is 63.1 Å². The predicted molar refractivity (Wildman–Crippen MR) is 116 cm³/mol. The van der Waals surface area contributed by atoms with Gasteiger partial charge in [-0.1, -0.05) is 30.3 Å². The van der Waals surface area contributed by atoms with Gasteiger partial charge in [0.15, 0.2) is 0 Å². The predicted octanol–water partition coefficient (Wildman–Crippen LogP) is 2.96. The number of fused-ring (bicyclic) bond motifs is 1. The summed E-state index contributed by atoms with van der Waals surface area (Å²) in [6, 6.07) is 14.5. The molecule has 0 spiro atoms. The van der Waals surface area contributed by atoms with E-state index in [-0.39, 0.29) is 11.3 Å². The zero-order valence-electron chi connectivity index (χ0n) is 17.5. The highest BCUT2D eigenvalue weighted by atomic mass is 16.2. The second-order valence-electron chi connectivity index (χ2n) is 9.01. The summed E-state index contributed by atoms with van der Waals surface area (Å²) in [6.07, 6.45) is 8.06. The van der Waals surface area contributed by atoms with Crippen molar-refractivity contribution in [2.45, 2.75) is 19.4 Å². The fraction of sp³-hybridized carbons (Fsp3) is 0.417. The smallest absolute Gasteiger partial charge is 0.270 e. The molecule has 5 rings (SSSR count). The van der Waals surface area contributed by atoms with Crippen molar-refractivity contribution in [2.24, 2.45) is 18.4 Å². The van der Waals surface area contributed by atoms with Gasteiger partial charge in [-0.25, -0.2) is 0 Å². The molecule has 1 N–H and O–H groups in total. The van der Waals surface area contributed by atoms with Crippen molar-refractivity contribution in [2.75, 3.05) is 26.2 Å². The molecule has 0 bridgehead atoms. The number of aromatic amines is 1. The number of rotatable bonds is 6. The molecule has 2 aliphatic rings. The van der Waals surface area contributed by atoms with E-state index in [2.05, 4.69) is 56.4 Å². The van der Waals surface area contributed by atoms with Crippen LogP contribution in [-0.2, 0) is 20.0 Å². The minimum atomic E-state index is 0.132. The summed E-state index contributed by atoms with van der Waals surface area (Å²) in [6.45, 7) is 4.69. The molecule has 1 aromatic carbocycles. The Labute approximate surface area is 177 Å². The van der Waals surface area contributed by atoms with E-state index in [1.165, 1.54) is 11.1 Å². The fourth-order valence-electron chi connectivity index (χ4n) is 5.41. The Morgan fingerprint density at radius 1 is 1.13 bits per heavy atom. The zero-order valence-corrected chi connectivity index (χ0v) is 17.5. The Balaban J connectivity index is 1.33. The molecule has 4 heterocycles. The van der Waals surface area contributed by atoms with Crippen LogP contribution in [0.2, 0.25) is 0 Å². The normalized spacial score (nSPS) is 23.8. The molecule has 30 heavy (non-hydrogen) atoms. The number of nitrogens with one attached hydrogen (secondary N) is 1. The van der Waals surface area contributed by atoms with Crippen LogP contribution in [0.25, 0.3) is 0 Å². The van der Waals surface area contributed by atoms with Crippen LogP contribution in [0.5, 0.6) is 0 Å². The second-order valence-corrected chi connectivity index (χ2v) is 9.01. The lowest BCUT2D eigenvalue weighted by atomic mass is 9.76. The summed E-state index contributed by atoms with van der Waals surface area (Å²) in [5, 5.41) is 4.32. The molecule has 1 amide bonds. The first-order chi connectivity index (χ1) is 14.6. The summed E-state index contributed by atoms with van der Waals surface area (Å²) in [5.74, 6) is 0.643. The monoisotopic (exact) mass is 403 g/mol. The number of carbonyl (C=O) groups excluding carboxylic acids is 1. The van der Waals surface area contributed by atoms with Crippen molar-refractivity contribution in [3.05, 3.63) is 77.9 Å². The minimum absolute atomic E-state index is 0.132. The number of benzene rings is 1. The number of H-pyrrole nitrogens is 1. The van der Waals surface area contributed by atoms with E-state index in [9.17, 15) is 4.79 Å². The number of likely N-dealkylation sites (tertiary alicyclic amines) is 2. The standard InChI is InChI=1S/C24H29N5O/c1-27-13-20(12-26-27)14-28-15-21-16-29(23(30)22-8-5-11-25-22)18-24(21,17-28)10-9-19-6-3-2-4-7-19/h2-8,11-13,21,25H,9-10,14-18H2,1H3/t21-,24+/m0/s1. The van der Waals surface area contributed by atoms with E-state index >= 15 is 0 Å². The molecule has 2 aliphatic heterocycles. The summed E-state index contributed by atoms with van der Waals surface area (Å²) < 4.78 is 1.87. The van der Waals surface area contributed by atoms with Gasteiger partial charge in [-0.15, -0.1) is 0 Å². The molecule has 2 saturated heterocycles. The Morgan fingerprint density at radius 2 is 2.00 bits per heavy atom. The van der Waals surface area contributed by atoms with Crippen molar-refractivity contribution < 1.29 is 4.79 Å². The van der Waals surface area contributed by atoms with Gasteiger partial charge in [-0.3, -0.25) is 14.4 Å². The third-order valence-corrected chi connectivity index (χ3v) is 6.86. The van der Waals surface area contributed by atoms with Gasteiger partial charge in [-0.2, -0.15) is 5.10 Å². The summed E-state index contributed by atoms with van der Waals surface area (Å²) >= 11 is 0. The average Bonchev–Trinajstić information content (AvgIpc) is 3.51. The van der Waals surface area contributed by atoms with Crippen LogP contribution in [0, 0.1) is 11.3 Å². The molecule has 3 aromatic rings. The van der Waals surface area contributed by atoms with E-state index < -0.39 is 0 Å². The van der Waals surface area contributed by atoms with Gasteiger partial charge in [0.2, 0.25) is 0 Å².